The standard InChI is InChI=1S/C20H23FN2O3S/c1-14-12-17(10-11-19(14)21)22-20(24)15-6-5-9-18(13-15)27(25,26)23-16-7-3-2-4-8-16/h5-6,9-13,16,23H,2-4,7-8H2,1H3,(H,22,24). The fourth-order valence-electron chi connectivity index (χ4n) is 3.24. The van der Waals surface area contributed by atoms with E-state index in [1.54, 1.807) is 19.1 Å². The van der Waals surface area contributed by atoms with Gasteiger partial charge in [0.25, 0.3) is 5.91 Å². The lowest BCUT2D eigenvalue weighted by atomic mass is 9.96. The summed E-state index contributed by atoms with van der Waals surface area (Å²) >= 11 is 0. The Morgan fingerprint density at radius 1 is 1.07 bits per heavy atom. The number of carbonyl (C=O) groups excluding carboxylic acids is 1. The summed E-state index contributed by atoms with van der Waals surface area (Å²) in [7, 11) is -3.68. The lowest BCUT2D eigenvalue weighted by Gasteiger charge is -2.22. The van der Waals surface area contributed by atoms with Gasteiger partial charge in [0.15, 0.2) is 0 Å². The maximum Gasteiger partial charge on any atom is 0.255 e. The highest BCUT2D eigenvalue weighted by atomic mass is 32.2. The Kier molecular flexibility index (Phi) is 5.92. The van der Waals surface area contributed by atoms with Gasteiger partial charge in [-0.3, -0.25) is 4.79 Å². The van der Waals surface area contributed by atoms with Crippen LogP contribution in [0.15, 0.2) is 47.4 Å². The van der Waals surface area contributed by atoms with Crippen LogP contribution in [-0.4, -0.2) is 20.4 Å². The Labute approximate surface area is 159 Å². The number of benzene rings is 2. The number of sulfonamides is 1. The summed E-state index contributed by atoms with van der Waals surface area (Å²) in [4.78, 5) is 12.5. The lowest BCUT2D eigenvalue weighted by molar-refractivity contribution is 0.102. The summed E-state index contributed by atoms with van der Waals surface area (Å²) < 4.78 is 41.4. The number of hydrogen-bond acceptors (Lipinski definition) is 3. The molecule has 1 saturated carbocycles. The first kappa shape index (κ1) is 19.5. The third kappa shape index (κ3) is 4.93. The number of rotatable bonds is 5. The van der Waals surface area contributed by atoms with Crippen molar-refractivity contribution in [2.75, 3.05) is 5.32 Å². The third-order valence-electron chi connectivity index (χ3n) is 4.75. The average molecular weight is 390 g/mol. The molecule has 27 heavy (non-hydrogen) atoms. The van der Waals surface area contributed by atoms with Gasteiger partial charge in [-0.2, -0.15) is 0 Å². The van der Waals surface area contributed by atoms with Crippen molar-refractivity contribution < 1.29 is 17.6 Å². The van der Waals surface area contributed by atoms with Crippen LogP contribution < -0.4 is 10.0 Å². The molecule has 0 spiro atoms. The molecule has 2 N–H and O–H groups in total. The van der Waals surface area contributed by atoms with E-state index in [0.29, 0.717) is 11.3 Å². The number of hydrogen-bond donors (Lipinski definition) is 2. The highest BCUT2D eigenvalue weighted by Crippen LogP contribution is 2.21. The van der Waals surface area contributed by atoms with E-state index in [2.05, 4.69) is 10.0 Å². The van der Waals surface area contributed by atoms with Gasteiger partial charge in [0.2, 0.25) is 10.0 Å². The van der Waals surface area contributed by atoms with Crippen LogP contribution in [0.3, 0.4) is 0 Å². The first-order valence-electron chi connectivity index (χ1n) is 9.05. The molecule has 0 aliphatic heterocycles. The Hall–Kier alpha value is -2.25. The first-order valence-corrected chi connectivity index (χ1v) is 10.5. The van der Waals surface area contributed by atoms with Crippen LogP contribution in [0.5, 0.6) is 0 Å². The van der Waals surface area contributed by atoms with E-state index >= 15 is 0 Å². The molecule has 3 rings (SSSR count). The SMILES string of the molecule is Cc1cc(NC(=O)c2cccc(S(=O)(=O)NC3CCCCC3)c2)ccc1F. The third-order valence-corrected chi connectivity index (χ3v) is 6.27. The minimum absolute atomic E-state index is 0.0524. The summed E-state index contributed by atoms with van der Waals surface area (Å²) in [6.07, 6.45) is 4.85. The molecule has 5 nitrogen and oxygen atoms in total. The summed E-state index contributed by atoms with van der Waals surface area (Å²) in [5.41, 5.74) is 1.09. The molecule has 2 aromatic rings. The van der Waals surface area contributed by atoms with Crippen LogP contribution in [-0.2, 0) is 10.0 Å². The monoisotopic (exact) mass is 390 g/mol. The van der Waals surface area contributed by atoms with Gasteiger partial charge < -0.3 is 5.32 Å². The molecule has 1 fully saturated rings. The molecule has 1 aliphatic carbocycles. The second-order valence-corrected chi connectivity index (χ2v) is 8.62. The average Bonchev–Trinajstić information content (AvgIpc) is 2.65. The molecule has 0 aromatic heterocycles. The van der Waals surface area contributed by atoms with Gasteiger partial charge >= 0.3 is 0 Å². The Morgan fingerprint density at radius 3 is 2.52 bits per heavy atom. The van der Waals surface area contributed by atoms with E-state index in [1.165, 1.54) is 30.3 Å². The zero-order valence-corrected chi connectivity index (χ0v) is 16.0. The van der Waals surface area contributed by atoms with Crippen molar-refractivity contribution in [2.45, 2.75) is 50.0 Å². The second-order valence-electron chi connectivity index (χ2n) is 6.90. The Bertz CT molecular complexity index is 938. The molecule has 1 aliphatic rings. The first-order chi connectivity index (χ1) is 12.8. The number of halogens is 1. The van der Waals surface area contributed by atoms with Crippen molar-refractivity contribution in [2.24, 2.45) is 0 Å². The fourth-order valence-corrected chi connectivity index (χ4v) is 4.59. The van der Waals surface area contributed by atoms with Crippen LogP contribution in [0.2, 0.25) is 0 Å². The van der Waals surface area contributed by atoms with Gasteiger partial charge in [-0.1, -0.05) is 25.3 Å². The smallest absolute Gasteiger partial charge is 0.255 e. The predicted octanol–water partition coefficient (Wildman–Crippen LogP) is 4.00. The molecule has 144 valence electrons. The van der Waals surface area contributed by atoms with Gasteiger partial charge in [0.05, 0.1) is 4.90 Å². The van der Waals surface area contributed by atoms with Crippen molar-refractivity contribution in [3.05, 3.63) is 59.4 Å². The predicted molar refractivity (Wildman–Crippen MR) is 103 cm³/mol. The second kappa shape index (κ2) is 8.19. The molecule has 0 bridgehead atoms. The van der Waals surface area contributed by atoms with Crippen molar-refractivity contribution in [3.63, 3.8) is 0 Å². The number of aryl methyl sites for hydroxylation is 1. The molecule has 2 aromatic carbocycles. The number of nitrogens with one attached hydrogen (secondary N) is 2. The minimum atomic E-state index is -3.68. The van der Waals surface area contributed by atoms with E-state index in [4.69, 9.17) is 0 Å². The highest BCUT2D eigenvalue weighted by Gasteiger charge is 2.22. The molecular weight excluding hydrogens is 367 g/mol. The van der Waals surface area contributed by atoms with Crippen LogP contribution in [0.1, 0.15) is 48.0 Å². The molecule has 1 amide bonds. The minimum Gasteiger partial charge on any atom is -0.322 e. The summed E-state index contributed by atoms with van der Waals surface area (Å²) in [5, 5.41) is 2.67. The van der Waals surface area contributed by atoms with E-state index in [1.807, 2.05) is 0 Å². The Balaban J connectivity index is 1.75. The molecule has 0 atom stereocenters. The number of anilines is 1. The molecule has 0 saturated heterocycles. The fraction of sp³-hybridized carbons (Fsp3) is 0.350. The van der Waals surface area contributed by atoms with Crippen molar-refractivity contribution in [1.29, 1.82) is 0 Å². The van der Waals surface area contributed by atoms with Crippen LogP contribution in [0.4, 0.5) is 10.1 Å². The van der Waals surface area contributed by atoms with Crippen molar-refractivity contribution in [1.82, 2.24) is 4.72 Å². The zero-order valence-electron chi connectivity index (χ0n) is 15.2. The molecule has 7 heteroatoms. The maximum absolute atomic E-state index is 13.3. The zero-order chi connectivity index (χ0) is 19.4. The van der Waals surface area contributed by atoms with Gasteiger partial charge in [-0.25, -0.2) is 17.5 Å². The molecular formula is C20H23FN2O3S. The largest absolute Gasteiger partial charge is 0.322 e. The van der Waals surface area contributed by atoms with Crippen LogP contribution >= 0.6 is 0 Å². The van der Waals surface area contributed by atoms with Gasteiger partial charge in [0.1, 0.15) is 5.82 Å². The summed E-state index contributed by atoms with van der Waals surface area (Å²) in [6, 6.07) is 10.1. The Morgan fingerprint density at radius 2 is 1.81 bits per heavy atom. The summed E-state index contributed by atoms with van der Waals surface area (Å²) in [5.74, 6) is -0.800. The van der Waals surface area contributed by atoms with Crippen LogP contribution in [0, 0.1) is 12.7 Å². The topological polar surface area (TPSA) is 75.3 Å². The molecule has 0 unspecified atom stereocenters. The quantitative estimate of drug-likeness (QED) is 0.810. The highest BCUT2D eigenvalue weighted by molar-refractivity contribution is 7.89. The number of carbonyl (C=O) groups is 1. The normalized spacial score (nSPS) is 15.5. The molecule has 0 heterocycles. The molecule has 0 radical (unpaired) electrons. The van der Waals surface area contributed by atoms with E-state index in [9.17, 15) is 17.6 Å². The van der Waals surface area contributed by atoms with Crippen molar-refractivity contribution >= 4 is 21.6 Å². The number of amides is 1. The van der Waals surface area contributed by atoms with E-state index < -0.39 is 15.9 Å². The van der Waals surface area contributed by atoms with Crippen LogP contribution in [0.25, 0.3) is 0 Å². The van der Waals surface area contributed by atoms with E-state index in [-0.39, 0.29) is 22.3 Å². The van der Waals surface area contributed by atoms with Gasteiger partial charge in [-0.05, 0) is 61.7 Å². The maximum atomic E-state index is 13.3. The van der Waals surface area contributed by atoms with Gasteiger partial charge in [0, 0.05) is 17.3 Å². The van der Waals surface area contributed by atoms with E-state index in [0.717, 1.165) is 32.1 Å². The van der Waals surface area contributed by atoms with Crippen molar-refractivity contribution in [3.8, 4) is 0 Å². The summed E-state index contributed by atoms with van der Waals surface area (Å²) in [6.45, 7) is 1.61. The van der Waals surface area contributed by atoms with Gasteiger partial charge in [-0.15, -0.1) is 0 Å². The lowest BCUT2D eigenvalue weighted by Crippen LogP contribution is -2.36.